The number of halogens is 1. The molecular formula is C17H15ClO4. The molecule has 4 nitrogen and oxygen atoms in total. The van der Waals surface area contributed by atoms with Crippen molar-refractivity contribution in [2.75, 3.05) is 0 Å². The van der Waals surface area contributed by atoms with Gasteiger partial charge in [-0.05, 0) is 38.8 Å². The Morgan fingerprint density at radius 2 is 1.73 bits per heavy atom. The molecule has 0 unspecified atom stereocenters. The van der Waals surface area contributed by atoms with Crippen molar-refractivity contribution in [1.29, 1.82) is 0 Å². The second-order valence-electron chi connectivity index (χ2n) is 6.13. The van der Waals surface area contributed by atoms with Crippen molar-refractivity contribution in [2.45, 2.75) is 38.5 Å². The predicted molar refractivity (Wildman–Crippen MR) is 83.6 cm³/mol. The minimum Gasteiger partial charge on any atom is -0.481 e. The summed E-state index contributed by atoms with van der Waals surface area (Å²) in [5.41, 5.74) is 0.945. The van der Waals surface area contributed by atoms with Crippen molar-refractivity contribution in [3.8, 4) is 0 Å². The number of hydrogen-bond acceptors (Lipinski definition) is 3. The average molecular weight is 319 g/mol. The summed E-state index contributed by atoms with van der Waals surface area (Å²) >= 11 is 6.46. The number of carboxylic acid groups (broad SMARTS) is 1. The average Bonchev–Trinajstić information content (AvgIpc) is 2.94. The summed E-state index contributed by atoms with van der Waals surface area (Å²) in [6.07, 6.45) is 2.12. The summed E-state index contributed by atoms with van der Waals surface area (Å²) in [5.74, 6) is 0.612. The Balaban J connectivity index is 2.22. The lowest BCUT2D eigenvalue weighted by molar-refractivity contribution is -0.147. The van der Waals surface area contributed by atoms with Crippen LogP contribution in [0.4, 0.5) is 0 Å². The first-order chi connectivity index (χ1) is 10.4. The Morgan fingerprint density at radius 3 is 2.27 bits per heavy atom. The highest BCUT2D eigenvalue weighted by Gasteiger charge is 2.49. The van der Waals surface area contributed by atoms with E-state index in [0.29, 0.717) is 46.1 Å². The molecule has 5 heteroatoms. The lowest BCUT2D eigenvalue weighted by atomic mass is 9.63. The van der Waals surface area contributed by atoms with Gasteiger partial charge in [0.15, 0.2) is 5.58 Å². The Bertz CT molecular complexity index is 870. The highest BCUT2D eigenvalue weighted by Crippen LogP contribution is 2.51. The maximum Gasteiger partial charge on any atom is 0.314 e. The van der Waals surface area contributed by atoms with E-state index >= 15 is 0 Å². The largest absolute Gasteiger partial charge is 0.481 e. The van der Waals surface area contributed by atoms with Gasteiger partial charge >= 0.3 is 5.97 Å². The molecule has 0 atom stereocenters. The molecule has 1 aromatic carbocycles. The van der Waals surface area contributed by atoms with E-state index in [1.54, 1.807) is 0 Å². The van der Waals surface area contributed by atoms with Gasteiger partial charge in [-0.25, -0.2) is 0 Å². The molecule has 0 spiro atoms. The van der Waals surface area contributed by atoms with Crippen molar-refractivity contribution in [2.24, 2.45) is 0 Å². The zero-order valence-electron chi connectivity index (χ0n) is 12.3. The predicted octanol–water partition coefficient (Wildman–Crippen LogP) is 4.96. The molecule has 4 rings (SSSR count). The summed E-state index contributed by atoms with van der Waals surface area (Å²) < 4.78 is 11.6. The first-order valence-electron chi connectivity index (χ1n) is 7.30. The van der Waals surface area contributed by atoms with E-state index in [-0.39, 0.29) is 0 Å². The van der Waals surface area contributed by atoms with Gasteiger partial charge < -0.3 is 13.9 Å². The van der Waals surface area contributed by atoms with Crippen LogP contribution < -0.4 is 0 Å². The number of aryl methyl sites for hydroxylation is 2. The third-order valence-corrected chi connectivity index (χ3v) is 5.11. The minimum absolute atomic E-state index is 0.485. The van der Waals surface area contributed by atoms with Crippen LogP contribution in [-0.4, -0.2) is 11.1 Å². The number of aliphatic carboxylic acids is 1. The number of benzene rings is 1. The van der Waals surface area contributed by atoms with Gasteiger partial charge in [-0.15, -0.1) is 0 Å². The Kier molecular flexibility index (Phi) is 2.67. The topological polar surface area (TPSA) is 63.6 Å². The summed E-state index contributed by atoms with van der Waals surface area (Å²) in [7, 11) is 0. The lowest BCUT2D eigenvalue weighted by Gasteiger charge is -2.38. The van der Waals surface area contributed by atoms with E-state index in [4.69, 9.17) is 20.4 Å². The number of hydrogen-bond donors (Lipinski definition) is 1. The fourth-order valence-electron chi connectivity index (χ4n) is 3.55. The Morgan fingerprint density at radius 1 is 1.14 bits per heavy atom. The van der Waals surface area contributed by atoms with Crippen LogP contribution in [0.1, 0.15) is 36.3 Å². The quantitative estimate of drug-likeness (QED) is 0.725. The van der Waals surface area contributed by atoms with E-state index < -0.39 is 11.4 Å². The fourth-order valence-corrected chi connectivity index (χ4v) is 3.83. The molecule has 0 bridgehead atoms. The molecule has 1 N–H and O–H groups in total. The smallest absolute Gasteiger partial charge is 0.314 e. The van der Waals surface area contributed by atoms with Gasteiger partial charge in [0, 0.05) is 16.3 Å². The van der Waals surface area contributed by atoms with Crippen LogP contribution >= 0.6 is 11.6 Å². The Labute approximate surface area is 131 Å². The minimum atomic E-state index is -0.901. The molecule has 0 amide bonds. The monoisotopic (exact) mass is 318 g/mol. The van der Waals surface area contributed by atoms with Crippen LogP contribution in [-0.2, 0) is 10.2 Å². The molecule has 1 fully saturated rings. The molecule has 0 radical (unpaired) electrons. The number of carbonyl (C=O) groups is 1. The summed E-state index contributed by atoms with van der Waals surface area (Å²) in [6.45, 7) is 3.67. The van der Waals surface area contributed by atoms with E-state index in [2.05, 4.69) is 0 Å². The van der Waals surface area contributed by atoms with E-state index in [9.17, 15) is 9.90 Å². The third-order valence-electron chi connectivity index (χ3n) is 4.74. The second kappa shape index (κ2) is 4.29. The number of furan rings is 2. The molecule has 2 aromatic heterocycles. The van der Waals surface area contributed by atoms with Crippen molar-refractivity contribution in [3.63, 3.8) is 0 Å². The molecule has 1 aliphatic carbocycles. The van der Waals surface area contributed by atoms with Crippen LogP contribution in [0.25, 0.3) is 21.9 Å². The van der Waals surface area contributed by atoms with Crippen molar-refractivity contribution >= 4 is 39.5 Å². The van der Waals surface area contributed by atoms with Crippen LogP contribution in [0.5, 0.6) is 0 Å². The number of carboxylic acids is 1. The van der Waals surface area contributed by atoms with Gasteiger partial charge in [0.2, 0.25) is 0 Å². The zero-order chi connectivity index (χ0) is 15.6. The highest BCUT2D eigenvalue weighted by atomic mass is 35.5. The standard InChI is InChI=1S/C17H15ClO4/c1-8-6-10-12(17(16(19)20)4-3-5-17)14-11(7-9(2)21-14)13(18)15(10)22-8/h6-7H,3-5H2,1-2H3,(H,19,20). The van der Waals surface area contributed by atoms with E-state index in [1.165, 1.54) is 0 Å². The van der Waals surface area contributed by atoms with Gasteiger partial charge in [-0.3, -0.25) is 4.79 Å². The molecule has 1 saturated carbocycles. The molecule has 0 aliphatic heterocycles. The second-order valence-corrected chi connectivity index (χ2v) is 6.51. The van der Waals surface area contributed by atoms with Gasteiger partial charge in [-0.2, -0.15) is 0 Å². The normalized spacial score (nSPS) is 17.0. The fraction of sp³-hybridized carbons (Fsp3) is 0.353. The third kappa shape index (κ3) is 1.56. The zero-order valence-corrected chi connectivity index (χ0v) is 13.1. The maximum atomic E-state index is 12.0. The lowest BCUT2D eigenvalue weighted by Crippen LogP contribution is -2.42. The van der Waals surface area contributed by atoms with Gasteiger partial charge in [0.25, 0.3) is 0 Å². The van der Waals surface area contributed by atoms with Gasteiger partial charge in [0.1, 0.15) is 17.1 Å². The molecule has 22 heavy (non-hydrogen) atoms. The van der Waals surface area contributed by atoms with Gasteiger partial charge in [-0.1, -0.05) is 18.0 Å². The maximum absolute atomic E-state index is 12.0. The first-order valence-corrected chi connectivity index (χ1v) is 7.67. The highest BCUT2D eigenvalue weighted by molar-refractivity contribution is 6.40. The number of fused-ring (bicyclic) bond motifs is 2. The summed E-state index contributed by atoms with van der Waals surface area (Å²) in [4.78, 5) is 12.0. The summed E-state index contributed by atoms with van der Waals surface area (Å²) in [6, 6.07) is 3.70. The molecule has 114 valence electrons. The van der Waals surface area contributed by atoms with Crippen LogP contribution in [0.15, 0.2) is 21.0 Å². The molecule has 2 heterocycles. The number of rotatable bonds is 2. The summed E-state index contributed by atoms with van der Waals surface area (Å²) in [5, 5.41) is 11.8. The van der Waals surface area contributed by atoms with Crippen molar-refractivity contribution in [1.82, 2.24) is 0 Å². The van der Waals surface area contributed by atoms with Crippen molar-refractivity contribution in [3.05, 3.63) is 34.2 Å². The van der Waals surface area contributed by atoms with Crippen molar-refractivity contribution < 1.29 is 18.7 Å². The van der Waals surface area contributed by atoms with E-state index in [0.717, 1.165) is 17.2 Å². The molecule has 1 aliphatic rings. The molecular weight excluding hydrogens is 304 g/mol. The van der Waals surface area contributed by atoms with Gasteiger partial charge in [0.05, 0.1) is 10.4 Å². The SMILES string of the molecule is Cc1cc2c(C3(C(=O)O)CCC3)c3oc(C)cc3c(Cl)c2o1. The van der Waals surface area contributed by atoms with Crippen LogP contribution in [0, 0.1) is 13.8 Å². The van der Waals surface area contributed by atoms with Crippen LogP contribution in [0.3, 0.4) is 0 Å². The molecule has 3 aromatic rings. The van der Waals surface area contributed by atoms with E-state index in [1.807, 2.05) is 26.0 Å². The Hall–Kier alpha value is -1.94. The molecule has 0 saturated heterocycles. The first kappa shape index (κ1) is 13.7. The van der Waals surface area contributed by atoms with Crippen LogP contribution in [0.2, 0.25) is 5.02 Å².